The topological polar surface area (TPSA) is 42.6 Å². The van der Waals surface area contributed by atoms with E-state index in [1.807, 2.05) is 17.9 Å². The molecule has 1 aliphatic heterocycles. The third kappa shape index (κ3) is 3.12. The van der Waals surface area contributed by atoms with Crippen LogP contribution < -0.4 is 4.90 Å². The third-order valence-corrected chi connectivity index (χ3v) is 6.05. The first kappa shape index (κ1) is 17.2. The Labute approximate surface area is 155 Å². The fourth-order valence-corrected chi connectivity index (χ4v) is 4.55. The molecule has 1 atom stereocenters. The van der Waals surface area contributed by atoms with Crippen molar-refractivity contribution in [3.63, 3.8) is 0 Å². The summed E-state index contributed by atoms with van der Waals surface area (Å²) in [5.74, 6) is -0.171. The van der Waals surface area contributed by atoms with Crippen LogP contribution in [-0.2, 0) is 0 Å². The Balaban J connectivity index is 1.68. The normalized spacial score (nSPS) is 18.3. The fraction of sp³-hybridized carbons (Fsp3) is 0.368. The summed E-state index contributed by atoms with van der Waals surface area (Å²) >= 11 is 1.46. The number of hydrogen-bond donors (Lipinski definition) is 1. The highest BCUT2D eigenvalue weighted by molar-refractivity contribution is 7.20. The standard InChI is InChI=1S/C19H21FN4OS/c1-13-16-12-17(18(25)23-9-3-8-22(2)10-11-23)26-19(16)24(21-13)15-6-4-14(20)5-7-15/h4-7,12H,3,8-11H2,1-2H3/p+1. The van der Waals surface area contributed by atoms with E-state index < -0.39 is 0 Å². The molecule has 1 aromatic carbocycles. The number of nitrogens with one attached hydrogen (secondary N) is 1. The molecular weight excluding hydrogens is 351 g/mol. The predicted octanol–water partition coefficient (Wildman–Crippen LogP) is 1.90. The zero-order chi connectivity index (χ0) is 18.3. The van der Waals surface area contributed by atoms with E-state index in [2.05, 4.69) is 12.1 Å². The number of rotatable bonds is 2. The molecule has 0 spiro atoms. The fourth-order valence-electron chi connectivity index (χ4n) is 3.40. The number of nitrogens with zero attached hydrogens (tertiary/aromatic N) is 3. The average Bonchev–Trinajstić information content (AvgIpc) is 3.11. The molecule has 4 rings (SSSR count). The van der Waals surface area contributed by atoms with E-state index in [1.54, 1.807) is 16.8 Å². The molecule has 7 heteroatoms. The highest BCUT2D eigenvalue weighted by atomic mass is 32.1. The Morgan fingerprint density at radius 3 is 2.77 bits per heavy atom. The van der Waals surface area contributed by atoms with E-state index in [4.69, 9.17) is 0 Å². The summed E-state index contributed by atoms with van der Waals surface area (Å²) < 4.78 is 15.0. The molecule has 3 aromatic rings. The number of aryl methyl sites for hydroxylation is 1. The quantitative estimate of drug-likeness (QED) is 0.746. The van der Waals surface area contributed by atoms with E-state index in [0.29, 0.717) is 0 Å². The minimum absolute atomic E-state index is 0.103. The van der Waals surface area contributed by atoms with E-state index in [1.165, 1.54) is 28.4 Å². The highest BCUT2D eigenvalue weighted by Crippen LogP contribution is 2.31. The second kappa shape index (κ2) is 6.81. The first-order valence-corrected chi connectivity index (χ1v) is 9.70. The van der Waals surface area contributed by atoms with Crippen LogP contribution in [0.15, 0.2) is 30.3 Å². The van der Waals surface area contributed by atoms with Gasteiger partial charge in [-0.05, 0) is 37.3 Å². The maximum Gasteiger partial charge on any atom is 0.264 e. The van der Waals surface area contributed by atoms with Gasteiger partial charge in [0.1, 0.15) is 10.6 Å². The van der Waals surface area contributed by atoms with Crippen LogP contribution in [0.4, 0.5) is 4.39 Å². The van der Waals surface area contributed by atoms with Crippen LogP contribution in [-0.4, -0.2) is 53.8 Å². The molecule has 0 radical (unpaired) electrons. The van der Waals surface area contributed by atoms with Gasteiger partial charge in [-0.1, -0.05) is 0 Å². The van der Waals surface area contributed by atoms with Crippen molar-refractivity contribution in [3.8, 4) is 5.69 Å². The summed E-state index contributed by atoms with van der Waals surface area (Å²) in [6.07, 6.45) is 1.03. The lowest BCUT2D eigenvalue weighted by Crippen LogP contribution is -3.09. The number of thiophene rings is 1. The summed E-state index contributed by atoms with van der Waals surface area (Å²) in [4.78, 5) is 18.1. The minimum Gasteiger partial charge on any atom is -0.336 e. The summed E-state index contributed by atoms with van der Waals surface area (Å²) in [5.41, 5.74) is 1.67. The molecule has 5 nitrogen and oxygen atoms in total. The maximum atomic E-state index is 13.2. The lowest BCUT2D eigenvalue weighted by atomic mass is 10.3. The van der Waals surface area contributed by atoms with Crippen LogP contribution >= 0.6 is 11.3 Å². The second-order valence-corrected chi connectivity index (χ2v) is 7.94. The lowest BCUT2D eigenvalue weighted by Gasteiger charge is -2.18. The number of carbonyl (C=O) groups excluding carboxylic acids is 1. The molecule has 1 N–H and O–H groups in total. The van der Waals surface area contributed by atoms with E-state index in [-0.39, 0.29) is 11.7 Å². The molecule has 26 heavy (non-hydrogen) atoms. The van der Waals surface area contributed by atoms with Crippen molar-refractivity contribution in [2.45, 2.75) is 13.3 Å². The van der Waals surface area contributed by atoms with Crippen LogP contribution in [0.3, 0.4) is 0 Å². The molecule has 0 saturated carbocycles. The van der Waals surface area contributed by atoms with E-state index in [9.17, 15) is 9.18 Å². The minimum atomic E-state index is -0.274. The highest BCUT2D eigenvalue weighted by Gasteiger charge is 2.24. The van der Waals surface area contributed by atoms with Crippen molar-refractivity contribution in [3.05, 3.63) is 46.7 Å². The molecule has 3 heterocycles. The number of amides is 1. The van der Waals surface area contributed by atoms with Gasteiger partial charge in [0, 0.05) is 18.4 Å². The average molecular weight is 373 g/mol. The molecule has 0 bridgehead atoms. The van der Waals surface area contributed by atoms with Gasteiger partial charge in [-0.2, -0.15) is 5.10 Å². The second-order valence-electron chi connectivity index (χ2n) is 6.91. The maximum absolute atomic E-state index is 13.2. The van der Waals surface area contributed by atoms with Crippen LogP contribution in [0.5, 0.6) is 0 Å². The Morgan fingerprint density at radius 1 is 1.23 bits per heavy atom. The molecule has 1 unspecified atom stereocenters. The Bertz CT molecular complexity index is 947. The van der Waals surface area contributed by atoms with Crippen molar-refractivity contribution in [1.29, 1.82) is 0 Å². The molecular formula is C19H22FN4OS+. The Kier molecular flexibility index (Phi) is 4.50. The van der Waals surface area contributed by atoms with Gasteiger partial charge in [0.2, 0.25) is 0 Å². The van der Waals surface area contributed by atoms with Gasteiger partial charge in [0.25, 0.3) is 5.91 Å². The number of benzene rings is 1. The van der Waals surface area contributed by atoms with E-state index in [0.717, 1.165) is 59.1 Å². The van der Waals surface area contributed by atoms with Crippen molar-refractivity contribution in [1.82, 2.24) is 14.7 Å². The molecule has 136 valence electrons. The van der Waals surface area contributed by atoms with Crippen molar-refractivity contribution < 1.29 is 14.1 Å². The largest absolute Gasteiger partial charge is 0.336 e. The van der Waals surface area contributed by atoms with Gasteiger partial charge in [0.15, 0.2) is 0 Å². The number of hydrogen-bond acceptors (Lipinski definition) is 3. The molecule has 1 fully saturated rings. The predicted molar refractivity (Wildman–Crippen MR) is 101 cm³/mol. The summed E-state index contributed by atoms with van der Waals surface area (Å²) in [7, 11) is 2.17. The third-order valence-electron chi connectivity index (χ3n) is 4.95. The number of fused-ring (bicyclic) bond motifs is 1. The zero-order valence-corrected chi connectivity index (χ0v) is 15.8. The number of quaternary nitrogens is 1. The summed E-state index contributed by atoms with van der Waals surface area (Å²) in [6.45, 7) is 5.64. The van der Waals surface area contributed by atoms with Crippen LogP contribution in [0.2, 0.25) is 0 Å². The lowest BCUT2D eigenvalue weighted by molar-refractivity contribution is -0.877. The molecule has 1 saturated heterocycles. The van der Waals surface area contributed by atoms with Crippen molar-refractivity contribution >= 4 is 27.5 Å². The van der Waals surface area contributed by atoms with Crippen molar-refractivity contribution in [2.75, 3.05) is 33.2 Å². The number of halogens is 1. The Hall–Kier alpha value is -2.25. The van der Waals surface area contributed by atoms with Crippen LogP contribution in [0, 0.1) is 12.7 Å². The SMILES string of the molecule is Cc1nn(-c2ccc(F)cc2)c2sc(C(=O)N3CCC[NH+](C)CC3)cc12. The van der Waals surface area contributed by atoms with Gasteiger partial charge in [0.05, 0.1) is 42.9 Å². The van der Waals surface area contributed by atoms with Gasteiger partial charge >= 0.3 is 0 Å². The smallest absolute Gasteiger partial charge is 0.264 e. The Morgan fingerprint density at radius 2 is 2.00 bits per heavy atom. The molecule has 1 aliphatic rings. The zero-order valence-electron chi connectivity index (χ0n) is 15.0. The van der Waals surface area contributed by atoms with E-state index >= 15 is 0 Å². The van der Waals surface area contributed by atoms with Gasteiger partial charge in [-0.25, -0.2) is 9.07 Å². The van der Waals surface area contributed by atoms with Gasteiger partial charge in [-0.3, -0.25) is 4.79 Å². The number of aromatic nitrogens is 2. The van der Waals surface area contributed by atoms with Gasteiger partial charge in [-0.15, -0.1) is 11.3 Å². The molecule has 1 amide bonds. The molecule has 0 aliphatic carbocycles. The van der Waals surface area contributed by atoms with Crippen LogP contribution in [0.25, 0.3) is 15.9 Å². The monoisotopic (exact) mass is 373 g/mol. The first-order chi connectivity index (χ1) is 12.5. The summed E-state index contributed by atoms with van der Waals surface area (Å²) in [6, 6.07) is 8.21. The van der Waals surface area contributed by atoms with Crippen LogP contribution in [0.1, 0.15) is 21.8 Å². The summed E-state index contributed by atoms with van der Waals surface area (Å²) in [5, 5.41) is 5.55. The van der Waals surface area contributed by atoms with Crippen molar-refractivity contribution in [2.24, 2.45) is 0 Å². The molecule has 2 aromatic heterocycles. The number of likely N-dealkylation sites (N-methyl/N-ethyl adjacent to an activating group) is 1. The van der Waals surface area contributed by atoms with Gasteiger partial charge < -0.3 is 9.80 Å². The number of carbonyl (C=O) groups is 1. The first-order valence-electron chi connectivity index (χ1n) is 8.88.